The number of hydrogen-bond acceptors (Lipinski definition) is 2. The monoisotopic (exact) mass is 287 g/mol. The Morgan fingerprint density at radius 1 is 1.33 bits per heavy atom. The molecule has 1 saturated carbocycles. The summed E-state index contributed by atoms with van der Waals surface area (Å²) in [5, 5.41) is 4.78. The lowest BCUT2D eigenvalue weighted by Gasteiger charge is -2.52. The van der Waals surface area contributed by atoms with Gasteiger partial charge in [-0.2, -0.15) is 0 Å². The van der Waals surface area contributed by atoms with Gasteiger partial charge in [0.1, 0.15) is 0 Å². The standard InChI is InChI=1S/C14H19Cl2NO/c1-4-18-12-8-11(14(12,2)3)17-13-9(15)6-5-7-10(13)16/h5-7,11-12,17H,4,8H2,1-3H3. The van der Waals surface area contributed by atoms with Crippen molar-refractivity contribution in [3.8, 4) is 0 Å². The number of para-hydroxylation sites is 1. The molecule has 1 aromatic carbocycles. The van der Waals surface area contributed by atoms with Crippen LogP contribution in [0.3, 0.4) is 0 Å². The lowest BCUT2D eigenvalue weighted by Crippen LogP contribution is -2.58. The maximum Gasteiger partial charge on any atom is 0.0721 e. The number of rotatable bonds is 4. The van der Waals surface area contributed by atoms with Gasteiger partial charge in [0.2, 0.25) is 0 Å². The van der Waals surface area contributed by atoms with E-state index < -0.39 is 0 Å². The molecular weight excluding hydrogens is 269 g/mol. The zero-order valence-corrected chi connectivity index (χ0v) is 12.5. The molecule has 2 rings (SSSR count). The second-order valence-electron chi connectivity index (χ2n) is 5.29. The molecule has 18 heavy (non-hydrogen) atoms. The van der Waals surface area contributed by atoms with Crippen molar-refractivity contribution in [1.82, 2.24) is 0 Å². The zero-order chi connectivity index (χ0) is 13.3. The summed E-state index contributed by atoms with van der Waals surface area (Å²) in [6.45, 7) is 7.20. The van der Waals surface area contributed by atoms with Gasteiger partial charge in [-0.25, -0.2) is 0 Å². The van der Waals surface area contributed by atoms with Gasteiger partial charge in [0, 0.05) is 18.1 Å². The fraction of sp³-hybridized carbons (Fsp3) is 0.571. The van der Waals surface area contributed by atoms with E-state index in [0.29, 0.717) is 22.2 Å². The van der Waals surface area contributed by atoms with Crippen LogP contribution in [0.2, 0.25) is 10.0 Å². The van der Waals surface area contributed by atoms with Gasteiger partial charge in [-0.3, -0.25) is 0 Å². The first kappa shape index (κ1) is 14.0. The fourth-order valence-electron chi connectivity index (χ4n) is 2.42. The minimum atomic E-state index is 0.0957. The number of benzene rings is 1. The highest BCUT2D eigenvalue weighted by Gasteiger charge is 2.49. The van der Waals surface area contributed by atoms with E-state index in [2.05, 4.69) is 19.2 Å². The largest absolute Gasteiger partial charge is 0.379 e. The molecular formula is C14H19Cl2NO. The molecule has 1 aliphatic rings. The van der Waals surface area contributed by atoms with Crippen LogP contribution in [0, 0.1) is 5.41 Å². The van der Waals surface area contributed by atoms with Crippen molar-refractivity contribution < 1.29 is 4.74 Å². The molecule has 1 aliphatic carbocycles. The average Bonchev–Trinajstić information content (AvgIpc) is 2.31. The van der Waals surface area contributed by atoms with Crippen molar-refractivity contribution in [1.29, 1.82) is 0 Å². The van der Waals surface area contributed by atoms with Gasteiger partial charge in [-0.15, -0.1) is 0 Å². The number of ether oxygens (including phenoxy) is 1. The maximum atomic E-state index is 6.17. The van der Waals surface area contributed by atoms with E-state index in [4.69, 9.17) is 27.9 Å². The van der Waals surface area contributed by atoms with Crippen LogP contribution in [0.15, 0.2) is 18.2 Å². The van der Waals surface area contributed by atoms with Crippen molar-refractivity contribution in [3.05, 3.63) is 28.2 Å². The van der Waals surface area contributed by atoms with E-state index in [1.54, 1.807) is 0 Å². The quantitative estimate of drug-likeness (QED) is 0.873. The van der Waals surface area contributed by atoms with Gasteiger partial charge >= 0.3 is 0 Å². The summed E-state index contributed by atoms with van der Waals surface area (Å²) in [5.74, 6) is 0. The number of nitrogens with one attached hydrogen (secondary N) is 1. The average molecular weight is 288 g/mol. The molecule has 0 heterocycles. The molecule has 100 valence electrons. The zero-order valence-electron chi connectivity index (χ0n) is 11.0. The molecule has 0 amide bonds. The molecule has 2 atom stereocenters. The summed E-state index contributed by atoms with van der Waals surface area (Å²) < 4.78 is 5.72. The Kier molecular flexibility index (Phi) is 4.10. The smallest absolute Gasteiger partial charge is 0.0721 e. The molecule has 2 nitrogen and oxygen atoms in total. The van der Waals surface area contributed by atoms with E-state index in [1.165, 1.54) is 0 Å². The molecule has 0 bridgehead atoms. The molecule has 0 saturated heterocycles. The summed E-state index contributed by atoms with van der Waals surface area (Å²) >= 11 is 12.3. The minimum absolute atomic E-state index is 0.0957. The van der Waals surface area contributed by atoms with Gasteiger partial charge in [-0.05, 0) is 25.5 Å². The van der Waals surface area contributed by atoms with Crippen LogP contribution >= 0.6 is 23.2 Å². The van der Waals surface area contributed by atoms with Gasteiger partial charge in [0.25, 0.3) is 0 Å². The molecule has 1 fully saturated rings. The molecule has 2 unspecified atom stereocenters. The third-order valence-electron chi connectivity index (χ3n) is 3.83. The first-order valence-corrected chi connectivity index (χ1v) is 7.04. The van der Waals surface area contributed by atoms with E-state index >= 15 is 0 Å². The van der Waals surface area contributed by atoms with Crippen molar-refractivity contribution in [2.24, 2.45) is 5.41 Å². The van der Waals surface area contributed by atoms with E-state index in [-0.39, 0.29) is 5.41 Å². The van der Waals surface area contributed by atoms with Crippen molar-refractivity contribution in [3.63, 3.8) is 0 Å². The third-order valence-corrected chi connectivity index (χ3v) is 4.46. The third kappa shape index (κ3) is 2.47. The normalized spacial score (nSPS) is 25.6. The van der Waals surface area contributed by atoms with Crippen LogP contribution in [-0.4, -0.2) is 18.8 Å². The van der Waals surface area contributed by atoms with Crippen molar-refractivity contribution in [2.45, 2.75) is 39.3 Å². The Morgan fingerprint density at radius 3 is 2.44 bits per heavy atom. The summed E-state index contributed by atoms with van der Waals surface area (Å²) in [5.41, 5.74) is 0.923. The lowest BCUT2D eigenvalue weighted by atomic mass is 9.64. The second-order valence-corrected chi connectivity index (χ2v) is 6.11. The Labute approximate surface area is 119 Å². The summed E-state index contributed by atoms with van der Waals surface area (Å²) in [7, 11) is 0. The summed E-state index contributed by atoms with van der Waals surface area (Å²) in [6.07, 6.45) is 1.30. The first-order valence-electron chi connectivity index (χ1n) is 6.29. The Balaban J connectivity index is 2.08. The maximum absolute atomic E-state index is 6.17. The summed E-state index contributed by atoms with van der Waals surface area (Å²) in [6, 6.07) is 5.89. The topological polar surface area (TPSA) is 21.3 Å². The number of hydrogen-bond donors (Lipinski definition) is 1. The number of anilines is 1. The van der Waals surface area contributed by atoms with E-state index in [0.717, 1.165) is 18.7 Å². The van der Waals surface area contributed by atoms with Gasteiger partial charge in [-0.1, -0.05) is 43.1 Å². The molecule has 1 aromatic rings. The van der Waals surface area contributed by atoms with Gasteiger partial charge < -0.3 is 10.1 Å². The predicted molar refractivity (Wildman–Crippen MR) is 77.7 cm³/mol. The van der Waals surface area contributed by atoms with Crippen molar-refractivity contribution in [2.75, 3.05) is 11.9 Å². The SMILES string of the molecule is CCOC1CC(Nc2c(Cl)cccc2Cl)C1(C)C. The first-order chi connectivity index (χ1) is 8.46. The lowest BCUT2D eigenvalue weighted by molar-refractivity contribution is -0.0975. The van der Waals surface area contributed by atoms with E-state index in [1.807, 2.05) is 25.1 Å². The van der Waals surface area contributed by atoms with Gasteiger partial charge in [0.15, 0.2) is 0 Å². The van der Waals surface area contributed by atoms with Crippen LogP contribution in [0.25, 0.3) is 0 Å². The fourth-order valence-corrected chi connectivity index (χ4v) is 2.93. The Hall–Kier alpha value is -0.440. The molecule has 4 heteroatoms. The highest BCUT2D eigenvalue weighted by atomic mass is 35.5. The van der Waals surface area contributed by atoms with Crippen LogP contribution in [0.1, 0.15) is 27.2 Å². The van der Waals surface area contributed by atoms with Crippen LogP contribution < -0.4 is 5.32 Å². The van der Waals surface area contributed by atoms with Gasteiger partial charge in [0.05, 0.1) is 21.8 Å². The van der Waals surface area contributed by atoms with Crippen LogP contribution in [-0.2, 0) is 4.74 Å². The Morgan fingerprint density at radius 2 is 1.94 bits per heavy atom. The van der Waals surface area contributed by atoms with Crippen LogP contribution in [0.4, 0.5) is 5.69 Å². The molecule has 1 N–H and O–H groups in total. The van der Waals surface area contributed by atoms with Crippen LogP contribution in [0.5, 0.6) is 0 Å². The van der Waals surface area contributed by atoms with Crippen molar-refractivity contribution >= 4 is 28.9 Å². The molecule has 0 spiro atoms. The second kappa shape index (κ2) is 5.28. The number of halogens is 2. The molecule has 0 aliphatic heterocycles. The highest BCUT2D eigenvalue weighted by molar-refractivity contribution is 6.39. The molecule has 0 aromatic heterocycles. The van der Waals surface area contributed by atoms with E-state index in [9.17, 15) is 0 Å². The summed E-state index contributed by atoms with van der Waals surface area (Å²) in [4.78, 5) is 0. The minimum Gasteiger partial charge on any atom is -0.379 e. The Bertz CT molecular complexity index is 414. The highest BCUT2D eigenvalue weighted by Crippen LogP contribution is 2.45. The molecule has 0 radical (unpaired) electrons. The predicted octanol–water partition coefficient (Wildman–Crippen LogP) is 4.61.